The van der Waals surface area contributed by atoms with Gasteiger partial charge in [0.2, 0.25) is 5.91 Å². The van der Waals surface area contributed by atoms with Crippen LogP contribution in [-0.2, 0) is 28.4 Å². The molecule has 0 bridgehead atoms. The van der Waals surface area contributed by atoms with Gasteiger partial charge in [0, 0.05) is 43.8 Å². The minimum absolute atomic E-state index is 0.00231. The maximum absolute atomic E-state index is 13.5. The van der Waals surface area contributed by atoms with Crippen LogP contribution < -0.4 is 5.32 Å². The molecular formula is C22H22ClFN4O3S. The Morgan fingerprint density at radius 3 is 2.62 bits per heavy atom. The van der Waals surface area contributed by atoms with Gasteiger partial charge in [-0.3, -0.25) is 4.79 Å². The van der Waals surface area contributed by atoms with E-state index in [4.69, 9.17) is 11.6 Å². The number of carbonyl (C=O) groups excluding carboxylic acids is 1. The summed E-state index contributed by atoms with van der Waals surface area (Å²) in [5, 5.41) is 3.38. The fourth-order valence-corrected chi connectivity index (χ4v) is 5.57. The molecule has 0 radical (unpaired) electrons. The Kier molecular flexibility index (Phi) is 6.32. The average molecular weight is 477 g/mol. The molecule has 3 aromatic rings. The number of carbonyl (C=O) groups is 1. The predicted molar refractivity (Wildman–Crippen MR) is 118 cm³/mol. The van der Waals surface area contributed by atoms with Crippen molar-refractivity contribution < 1.29 is 17.6 Å². The van der Waals surface area contributed by atoms with Crippen molar-refractivity contribution in [1.29, 1.82) is 0 Å². The van der Waals surface area contributed by atoms with Crippen molar-refractivity contribution in [1.82, 2.24) is 19.2 Å². The molecule has 1 amide bonds. The molecule has 32 heavy (non-hydrogen) atoms. The van der Waals surface area contributed by atoms with Crippen LogP contribution in [0.4, 0.5) is 4.39 Å². The lowest BCUT2D eigenvalue weighted by Gasteiger charge is -2.18. The van der Waals surface area contributed by atoms with E-state index in [1.165, 1.54) is 29.0 Å². The maximum atomic E-state index is 13.5. The van der Waals surface area contributed by atoms with Gasteiger partial charge in [0.15, 0.2) is 5.03 Å². The third-order valence-electron chi connectivity index (χ3n) is 5.56. The molecule has 1 N–H and O–H groups in total. The van der Waals surface area contributed by atoms with Crippen LogP contribution >= 0.6 is 11.6 Å². The van der Waals surface area contributed by atoms with Crippen LogP contribution in [0.5, 0.6) is 0 Å². The van der Waals surface area contributed by atoms with Gasteiger partial charge in [-0.05, 0) is 35.4 Å². The van der Waals surface area contributed by atoms with E-state index in [9.17, 15) is 17.6 Å². The van der Waals surface area contributed by atoms with Crippen molar-refractivity contribution >= 4 is 27.5 Å². The first-order valence-corrected chi connectivity index (χ1v) is 11.8. The second kappa shape index (κ2) is 9.01. The van der Waals surface area contributed by atoms with E-state index in [-0.39, 0.29) is 30.6 Å². The van der Waals surface area contributed by atoms with Crippen LogP contribution in [0.3, 0.4) is 0 Å². The number of nitrogens with one attached hydrogen (secondary N) is 1. The Hall–Kier alpha value is -2.75. The molecule has 1 saturated heterocycles. The first-order chi connectivity index (χ1) is 15.2. The largest absolute Gasteiger partial charge is 0.352 e. The summed E-state index contributed by atoms with van der Waals surface area (Å²) in [6, 6.07) is 12.9. The summed E-state index contributed by atoms with van der Waals surface area (Å²) < 4.78 is 42.5. The van der Waals surface area contributed by atoms with Gasteiger partial charge in [0.1, 0.15) is 5.82 Å². The van der Waals surface area contributed by atoms with Crippen LogP contribution in [-0.4, -0.2) is 41.3 Å². The molecule has 0 aliphatic carbocycles. The smallest absolute Gasteiger partial charge is 0.262 e. The van der Waals surface area contributed by atoms with Crippen LogP contribution in [0.2, 0.25) is 5.02 Å². The molecule has 0 saturated carbocycles. The van der Waals surface area contributed by atoms with E-state index in [2.05, 4.69) is 10.3 Å². The third-order valence-corrected chi connectivity index (χ3v) is 7.51. The average Bonchev–Trinajstić information content (AvgIpc) is 3.40. The summed E-state index contributed by atoms with van der Waals surface area (Å²) in [6.07, 6.45) is 2.84. The van der Waals surface area contributed by atoms with E-state index in [1.54, 1.807) is 41.9 Å². The SMILES string of the molecule is Cn1cnc(S(=O)(=O)N2C[C@@H](C(=O)NCc3cccc(Cl)c3)[C@H](c3ccc(F)cc3)C2)c1. The molecule has 7 nitrogen and oxygen atoms in total. The van der Waals surface area contributed by atoms with Crippen LogP contribution in [0.25, 0.3) is 0 Å². The summed E-state index contributed by atoms with van der Waals surface area (Å²) in [6.45, 7) is 0.362. The van der Waals surface area contributed by atoms with Crippen LogP contribution in [0.1, 0.15) is 17.0 Å². The molecule has 2 aromatic carbocycles. The van der Waals surface area contributed by atoms with Crippen molar-refractivity contribution in [3.63, 3.8) is 0 Å². The van der Waals surface area contributed by atoms with Gasteiger partial charge in [-0.25, -0.2) is 17.8 Å². The monoisotopic (exact) mass is 476 g/mol. The van der Waals surface area contributed by atoms with Crippen molar-refractivity contribution in [2.75, 3.05) is 13.1 Å². The van der Waals surface area contributed by atoms with Gasteiger partial charge in [0.05, 0.1) is 12.2 Å². The van der Waals surface area contributed by atoms with E-state index in [0.717, 1.165) is 5.56 Å². The van der Waals surface area contributed by atoms with E-state index in [1.807, 2.05) is 6.07 Å². The van der Waals surface area contributed by atoms with Gasteiger partial charge in [0.25, 0.3) is 10.0 Å². The van der Waals surface area contributed by atoms with Crippen molar-refractivity contribution in [2.45, 2.75) is 17.5 Å². The first-order valence-electron chi connectivity index (χ1n) is 10.00. The zero-order valence-corrected chi connectivity index (χ0v) is 18.9. The first kappa shape index (κ1) is 22.4. The Bertz CT molecular complexity index is 1230. The minimum atomic E-state index is -3.88. The van der Waals surface area contributed by atoms with Crippen molar-refractivity contribution in [3.05, 3.63) is 83.0 Å². The zero-order valence-electron chi connectivity index (χ0n) is 17.3. The van der Waals surface area contributed by atoms with Gasteiger partial charge < -0.3 is 9.88 Å². The molecule has 10 heteroatoms. The van der Waals surface area contributed by atoms with Crippen molar-refractivity contribution in [2.24, 2.45) is 13.0 Å². The Morgan fingerprint density at radius 1 is 1.22 bits per heavy atom. The molecule has 1 aliphatic heterocycles. The van der Waals surface area contributed by atoms with E-state index in [0.29, 0.717) is 10.6 Å². The van der Waals surface area contributed by atoms with Gasteiger partial charge in [-0.1, -0.05) is 35.9 Å². The van der Waals surface area contributed by atoms with Gasteiger partial charge in [-0.15, -0.1) is 0 Å². The maximum Gasteiger partial charge on any atom is 0.262 e. The number of benzene rings is 2. The van der Waals surface area contributed by atoms with Crippen LogP contribution in [0.15, 0.2) is 66.1 Å². The lowest BCUT2D eigenvalue weighted by molar-refractivity contribution is -0.125. The summed E-state index contributed by atoms with van der Waals surface area (Å²) in [5.41, 5.74) is 1.54. The number of hydrogen-bond donors (Lipinski definition) is 1. The highest BCUT2D eigenvalue weighted by molar-refractivity contribution is 7.89. The number of aromatic nitrogens is 2. The summed E-state index contributed by atoms with van der Waals surface area (Å²) in [7, 11) is -2.19. The normalized spacial score (nSPS) is 19.2. The summed E-state index contributed by atoms with van der Waals surface area (Å²) in [5.74, 6) is -1.74. The Labute approximate surface area is 190 Å². The lowest BCUT2D eigenvalue weighted by Crippen LogP contribution is -2.35. The Morgan fingerprint density at radius 2 is 1.97 bits per heavy atom. The molecule has 4 rings (SSSR count). The number of sulfonamides is 1. The zero-order chi connectivity index (χ0) is 22.9. The number of imidazole rings is 1. The standard InChI is InChI=1S/C22H22ClFN4O3S/c1-27-13-21(26-14-27)32(30,31)28-11-19(16-5-7-18(24)8-6-16)20(12-28)22(29)25-10-15-3-2-4-17(23)9-15/h2-9,13-14,19-20H,10-12H2,1H3,(H,25,29)/t19-,20+/m0/s1. The second-order valence-electron chi connectivity index (χ2n) is 7.81. The molecule has 168 valence electrons. The topological polar surface area (TPSA) is 84.3 Å². The van der Waals surface area contributed by atoms with E-state index >= 15 is 0 Å². The molecule has 0 spiro atoms. The summed E-state index contributed by atoms with van der Waals surface area (Å²) in [4.78, 5) is 17.1. The summed E-state index contributed by atoms with van der Waals surface area (Å²) >= 11 is 6.01. The third kappa shape index (κ3) is 4.69. The van der Waals surface area contributed by atoms with Crippen molar-refractivity contribution in [3.8, 4) is 0 Å². The molecule has 1 fully saturated rings. The highest BCUT2D eigenvalue weighted by atomic mass is 35.5. The molecule has 0 unspecified atom stereocenters. The molecule has 2 atom stereocenters. The fourth-order valence-electron chi connectivity index (χ4n) is 3.90. The van der Waals surface area contributed by atoms with E-state index < -0.39 is 27.7 Å². The number of amides is 1. The number of rotatable bonds is 6. The molecule has 2 heterocycles. The predicted octanol–water partition coefficient (Wildman–Crippen LogP) is 2.93. The number of nitrogens with zero attached hydrogens (tertiary/aromatic N) is 3. The molecular weight excluding hydrogens is 455 g/mol. The van der Waals surface area contributed by atoms with Gasteiger partial charge in [-0.2, -0.15) is 4.31 Å². The highest BCUT2D eigenvalue weighted by Gasteiger charge is 2.44. The molecule has 1 aromatic heterocycles. The quantitative estimate of drug-likeness (QED) is 0.593. The number of aryl methyl sites for hydroxylation is 1. The Balaban J connectivity index is 1.58. The minimum Gasteiger partial charge on any atom is -0.352 e. The number of hydrogen-bond acceptors (Lipinski definition) is 4. The molecule has 1 aliphatic rings. The second-order valence-corrected chi connectivity index (χ2v) is 10.1. The highest BCUT2D eigenvalue weighted by Crippen LogP contribution is 2.36. The fraction of sp³-hybridized carbons (Fsp3) is 0.273. The van der Waals surface area contributed by atoms with Crippen LogP contribution in [0, 0.1) is 11.7 Å². The lowest BCUT2D eigenvalue weighted by atomic mass is 9.88. The van der Waals surface area contributed by atoms with Gasteiger partial charge >= 0.3 is 0 Å². The number of halogens is 2.